The number of hydrogen-bond donors (Lipinski definition) is 3. The molecule has 0 aromatic heterocycles. The van der Waals surface area contributed by atoms with Gasteiger partial charge >= 0.3 is 5.97 Å². The van der Waals surface area contributed by atoms with Crippen LogP contribution in [0.3, 0.4) is 0 Å². The summed E-state index contributed by atoms with van der Waals surface area (Å²) in [6, 6.07) is 0. The van der Waals surface area contributed by atoms with Crippen molar-refractivity contribution in [1.29, 1.82) is 0 Å². The number of aliphatic hydroxyl groups is 2. The molecule has 0 aromatic carbocycles. The second-order valence-corrected chi connectivity index (χ2v) is 2.68. The van der Waals surface area contributed by atoms with Crippen molar-refractivity contribution < 1.29 is 20.1 Å². The summed E-state index contributed by atoms with van der Waals surface area (Å²) >= 11 is 0. The molecule has 74 valence electrons. The van der Waals surface area contributed by atoms with Gasteiger partial charge in [0.1, 0.15) is 0 Å². The fraction of sp³-hybridized carbons (Fsp3) is 0.444. The van der Waals surface area contributed by atoms with Gasteiger partial charge in [0.05, 0.1) is 18.6 Å². The Balaban J connectivity index is 3.76. The number of allylic oxidation sites excluding steroid dienone is 2. The molecule has 0 spiro atoms. The molecule has 0 radical (unpaired) electrons. The van der Waals surface area contributed by atoms with Gasteiger partial charge in [-0.3, -0.25) is 4.79 Å². The van der Waals surface area contributed by atoms with E-state index in [9.17, 15) is 9.90 Å². The van der Waals surface area contributed by atoms with E-state index in [4.69, 9.17) is 10.2 Å². The van der Waals surface area contributed by atoms with Crippen molar-refractivity contribution in [3.8, 4) is 0 Å². The van der Waals surface area contributed by atoms with Gasteiger partial charge in [0.2, 0.25) is 0 Å². The van der Waals surface area contributed by atoms with E-state index in [0.717, 1.165) is 0 Å². The van der Waals surface area contributed by atoms with Crippen LogP contribution in [0.2, 0.25) is 0 Å². The maximum atomic E-state index is 10.1. The number of carbonyl (C=O) groups is 1. The zero-order chi connectivity index (χ0) is 10.3. The minimum atomic E-state index is -1.08. The van der Waals surface area contributed by atoms with Gasteiger partial charge in [-0.25, -0.2) is 0 Å². The largest absolute Gasteiger partial charge is 0.481 e. The highest BCUT2D eigenvalue weighted by Crippen LogP contribution is 2.03. The van der Waals surface area contributed by atoms with Crippen LogP contribution in [0, 0.1) is 0 Å². The molecular weight excluding hydrogens is 172 g/mol. The third-order valence-electron chi connectivity index (χ3n) is 1.39. The SMILES string of the molecule is C=CC=CC(O)CC(O)CC(=O)O. The quantitative estimate of drug-likeness (QED) is 0.522. The highest BCUT2D eigenvalue weighted by atomic mass is 16.4. The van der Waals surface area contributed by atoms with Crippen molar-refractivity contribution in [3.05, 3.63) is 24.8 Å². The maximum Gasteiger partial charge on any atom is 0.305 e. The van der Waals surface area contributed by atoms with Gasteiger partial charge in [-0.1, -0.05) is 24.8 Å². The highest BCUT2D eigenvalue weighted by Gasteiger charge is 2.12. The molecule has 0 saturated heterocycles. The first-order valence-electron chi connectivity index (χ1n) is 3.93. The van der Waals surface area contributed by atoms with Crippen molar-refractivity contribution in [2.24, 2.45) is 0 Å². The minimum absolute atomic E-state index is 0.0244. The van der Waals surface area contributed by atoms with E-state index in [1.807, 2.05) is 0 Å². The van der Waals surface area contributed by atoms with Crippen LogP contribution in [0.25, 0.3) is 0 Å². The van der Waals surface area contributed by atoms with E-state index < -0.39 is 18.2 Å². The third kappa shape index (κ3) is 7.24. The van der Waals surface area contributed by atoms with E-state index >= 15 is 0 Å². The standard InChI is InChI=1S/C9H14O4/c1-2-3-4-7(10)5-8(11)6-9(12)13/h2-4,7-8,10-11H,1,5-6H2,(H,12,13). The van der Waals surface area contributed by atoms with E-state index in [1.54, 1.807) is 0 Å². The Morgan fingerprint density at radius 2 is 2.08 bits per heavy atom. The predicted molar refractivity (Wildman–Crippen MR) is 48.2 cm³/mol. The van der Waals surface area contributed by atoms with Crippen molar-refractivity contribution in [2.75, 3.05) is 0 Å². The fourth-order valence-electron chi connectivity index (χ4n) is 0.849. The average molecular weight is 186 g/mol. The lowest BCUT2D eigenvalue weighted by atomic mass is 10.1. The van der Waals surface area contributed by atoms with Crippen molar-refractivity contribution in [3.63, 3.8) is 0 Å². The van der Waals surface area contributed by atoms with Crippen molar-refractivity contribution in [1.82, 2.24) is 0 Å². The molecule has 0 bridgehead atoms. The first-order valence-corrected chi connectivity index (χ1v) is 3.93. The van der Waals surface area contributed by atoms with Gasteiger partial charge in [-0.2, -0.15) is 0 Å². The molecule has 2 unspecified atom stereocenters. The van der Waals surface area contributed by atoms with Crippen LogP contribution in [-0.4, -0.2) is 33.5 Å². The summed E-state index contributed by atoms with van der Waals surface area (Å²) in [5, 5.41) is 26.6. The van der Waals surface area contributed by atoms with Gasteiger partial charge in [0.25, 0.3) is 0 Å². The van der Waals surface area contributed by atoms with E-state index in [1.165, 1.54) is 18.2 Å². The van der Waals surface area contributed by atoms with Crippen LogP contribution in [0.15, 0.2) is 24.8 Å². The predicted octanol–water partition coefficient (Wildman–Crippen LogP) is 0.315. The zero-order valence-corrected chi connectivity index (χ0v) is 7.26. The Labute approximate surface area is 76.8 Å². The number of rotatable bonds is 6. The lowest BCUT2D eigenvalue weighted by Crippen LogP contribution is -2.19. The second-order valence-electron chi connectivity index (χ2n) is 2.68. The van der Waals surface area contributed by atoms with Crippen LogP contribution < -0.4 is 0 Å². The molecule has 3 N–H and O–H groups in total. The number of aliphatic hydroxyl groups excluding tert-OH is 2. The van der Waals surface area contributed by atoms with Gasteiger partial charge in [0.15, 0.2) is 0 Å². The fourth-order valence-corrected chi connectivity index (χ4v) is 0.849. The molecule has 0 heterocycles. The normalized spacial score (nSPS) is 15.5. The van der Waals surface area contributed by atoms with Crippen molar-refractivity contribution >= 4 is 5.97 Å². The van der Waals surface area contributed by atoms with Gasteiger partial charge in [-0.15, -0.1) is 0 Å². The molecule has 0 aliphatic carbocycles. The minimum Gasteiger partial charge on any atom is -0.481 e. The first kappa shape index (κ1) is 11.9. The van der Waals surface area contributed by atoms with Crippen LogP contribution in [0.5, 0.6) is 0 Å². The summed E-state index contributed by atoms with van der Waals surface area (Å²) in [6.45, 7) is 3.41. The molecular formula is C9H14O4. The Morgan fingerprint density at radius 1 is 1.46 bits per heavy atom. The smallest absolute Gasteiger partial charge is 0.305 e. The topological polar surface area (TPSA) is 77.8 Å². The summed E-state index contributed by atoms with van der Waals surface area (Å²) in [4.78, 5) is 10.1. The summed E-state index contributed by atoms with van der Waals surface area (Å²) in [5.41, 5.74) is 0. The Morgan fingerprint density at radius 3 is 2.54 bits per heavy atom. The molecule has 4 nitrogen and oxygen atoms in total. The average Bonchev–Trinajstić information content (AvgIpc) is 1.98. The van der Waals surface area contributed by atoms with E-state index in [-0.39, 0.29) is 12.8 Å². The monoisotopic (exact) mass is 186 g/mol. The molecule has 0 aromatic rings. The third-order valence-corrected chi connectivity index (χ3v) is 1.39. The molecule has 0 aliphatic heterocycles. The molecule has 0 saturated carbocycles. The molecule has 0 rings (SSSR count). The van der Waals surface area contributed by atoms with Gasteiger partial charge < -0.3 is 15.3 Å². The number of carboxylic acids is 1. The molecule has 13 heavy (non-hydrogen) atoms. The first-order chi connectivity index (χ1) is 6.06. The highest BCUT2D eigenvalue weighted by molar-refractivity contribution is 5.67. The number of carboxylic acid groups (broad SMARTS) is 1. The van der Waals surface area contributed by atoms with E-state index in [2.05, 4.69) is 6.58 Å². The molecule has 2 atom stereocenters. The maximum absolute atomic E-state index is 10.1. The van der Waals surface area contributed by atoms with Gasteiger partial charge in [-0.05, 0) is 0 Å². The zero-order valence-electron chi connectivity index (χ0n) is 7.26. The molecule has 0 aliphatic rings. The molecule has 0 amide bonds. The Kier molecular flexibility index (Phi) is 5.84. The lowest BCUT2D eigenvalue weighted by molar-refractivity contribution is -0.139. The van der Waals surface area contributed by atoms with Crippen molar-refractivity contribution in [2.45, 2.75) is 25.0 Å². The number of aliphatic carboxylic acids is 1. The van der Waals surface area contributed by atoms with Crippen LogP contribution >= 0.6 is 0 Å². The Bertz CT molecular complexity index is 198. The lowest BCUT2D eigenvalue weighted by Gasteiger charge is -2.09. The second kappa shape index (κ2) is 6.39. The summed E-state index contributed by atoms with van der Waals surface area (Å²) < 4.78 is 0. The number of hydrogen-bond acceptors (Lipinski definition) is 3. The van der Waals surface area contributed by atoms with Crippen LogP contribution in [0.4, 0.5) is 0 Å². The van der Waals surface area contributed by atoms with E-state index in [0.29, 0.717) is 0 Å². The summed E-state index contributed by atoms with van der Waals surface area (Å²) in [6.07, 6.45) is 2.31. The molecule has 4 heteroatoms. The van der Waals surface area contributed by atoms with Crippen LogP contribution in [-0.2, 0) is 4.79 Å². The van der Waals surface area contributed by atoms with Gasteiger partial charge in [0, 0.05) is 6.42 Å². The Hall–Kier alpha value is -1.13. The summed E-state index contributed by atoms with van der Waals surface area (Å²) in [7, 11) is 0. The van der Waals surface area contributed by atoms with Crippen LogP contribution in [0.1, 0.15) is 12.8 Å². The summed E-state index contributed by atoms with van der Waals surface area (Å²) in [5.74, 6) is -1.08. The molecule has 0 fully saturated rings.